The second kappa shape index (κ2) is 5.83. The first-order valence-electron chi connectivity index (χ1n) is 6.35. The van der Waals surface area contributed by atoms with E-state index in [0.29, 0.717) is 25.3 Å². The molecule has 1 aromatic carbocycles. The maximum absolute atomic E-state index is 12.3. The van der Waals surface area contributed by atoms with Gasteiger partial charge in [0.25, 0.3) is 11.6 Å². The van der Waals surface area contributed by atoms with Gasteiger partial charge in [-0.05, 0) is 18.9 Å². The van der Waals surface area contributed by atoms with Crippen molar-refractivity contribution in [3.05, 3.63) is 46.5 Å². The number of anilines is 1. The Morgan fingerprint density at radius 3 is 3.05 bits per heavy atom. The Morgan fingerprint density at radius 2 is 2.40 bits per heavy atom. The van der Waals surface area contributed by atoms with Crippen molar-refractivity contribution in [3.63, 3.8) is 0 Å². The number of hydrogen-bond acceptors (Lipinski definition) is 4. The van der Waals surface area contributed by atoms with E-state index in [1.807, 2.05) is 0 Å². The van der Waals surface area contributed by atoms with Crippen LogP contribution in [0.4, 0.5) is 11.4 Å². The van der Waals surface area contributed by atoms with E-state index in [1.54, 1.807) is 24.0 Å². The molecule has 0 fully saturated rings. The number of rotatable bonds is 5. The van der Waals surface area contributed by atoms with Crippen molar-refractivity contribution in [3.8, 4) is 0 Å². The Hall–Kier alpha value is -2.21. The van der Waals surface area contributed by atoms with Crippen LogP contribution in [0.15, 0.2) is 30.9 Å². The van der Waals surface area contributed by atoms with Gasteiger partial charge in [0.15, 0.2) is 0 Å². The van der Waals surface area contributed by atoms with Crippen LogP contribution in [0.3, 0.4) is 0 Å². The van der Waals surface area contributed by atoms with Crippen molar-refractivity contribution in [1.29, 1.82) is 0 Å². The van der Waals surface area contributed by atoms with Crippen LogP contribution in [0.25, 0.3) is 0 Å². The fourth-order valence-corrected chi connectivity index (χ4v) is 2.21. The molecule has 0 saturated heterocycles. The molecule has 20 heavy (non-hydrogen) atoms. The van der Waals surface area contributed by atoms with Crippen molar-refractivity contribution in [1.82, 2.24) is 0 Å². The molecule has 1 aromatic rings. The summed E-state index contributed by atoms with van der Waals surface area (Å²) in [5, 5.41) is 10.8. The van der Waals surface area contributed by atoms with Gasteiger partial charge in [-0.15, -0.1) is 6.58 Å². The number of nitrogens with zero attached hydrogens (tertiary/aromatic N) is 2. The van der Waals surface area contributed by atoms with E-state index < -0.39 is 11.0 Å². The molecule has 0 bridgehead atoms. The van der Waals surface area contributed by atoms with E-state index in [2.05, 4.69) is 6.58 Å². The van der Waals surface area contributed by atoms with Gasteiger partial charge in [0.05, 0.1) is 17.2 Å². The summed E-state index contributed by atoms with van der Waals surface area (Å²) < 4.78 is 5.31. The molecular formula is C14H16N2O4. The van der Waals surface area contributed by atoms with Crippen LogP contribution in [0, 0.1) is 10.1 Å². The Morgan fingerprint density at radius 1 is 1.65 bits per heavy atom. The lowest BCUT2D eigenvalue weighted by Crippen LogP contribution is -2.38. The quantitative estimate of drug-likeness (QED) is 0.469. The number of ether oxygens (including phenoxy) is 1. The third-order valence-corrected chi connectivity index (χ3v) is 3.25. The van der Waals surface area contributed by atoms with Crippen molar-refractivity contribution < 1.29 is 14.5 Å². The predicted octanol–water partition coefficient (Wildman–Crippen LogP) is 2.08. The number of amides is 1. The zero-order valence-corrected chi connectivity index (χ0v) is 11.2. The maximum Gasteiger partial charge on any atom is 0.271 e. The molecule has 1 heterocycles. The molecule has 0 aliphatic carbocycles. The first-order valence-corrected chi connectivity index (χ1v) is 6.35. The fourth-order valence-electron chi connectivity index (χ4n) is 2.21. The molecule has 6 heteroatoms. The Kier molecular flexibility index (Phi) is 4.14. The second-order valence-corrected chi connectivity index (χ2v) is 4.57. The number of nitro benzene ring substituents is 1. The molecule has 2 rings (SSSR count). The lowest BCUT2D eigenvalue weighted by atomic mass is 10.1. The smallest absolute Gasteiger partial charge is 0.271 e. The molecule has 1 aliphatic heterocycles. The number of carbonyl (C=O) groups excluding carboxylic acids is 1. The minimum Gasteiger partial charge on any atom is -0.365 e. The number of carbonyl (C=O) groups is 1. The molecular weight excluding hydrogens is 260 g/mol. The highest BCUT2D eigenvalue weighted by atomic mass is 16.6. The Balaban J connectivity index is 2.21. The fraction of sp³-hybridized carbons (Fsp3) is 0.357. The summed E-state index contributed by atoms with van der Waals surface area (Å²) in [6.07, 6.45) is 1.68. The van der Waals surface area contributed by atoms with Gasteiger partial charge in [0, 0.05) is 18.7 Å². The molecule has 0 saturated carbocycles. The summed E-state index contributed by atoms with van der Waals surface area (Å²) in [7, 11) is 0. The highest BCUT2D eigenvalue weighted by Gasteiger charge is 2.29. The van der Waals surface area contributed by atoms with Crippen molar-refractivity contribution in [2.75, 3.05) is 18.1 Å². The average Bonchev–Trinajstić information content (AvgIpc) is 2.86. The average molecular weight is 276 g/mol. The lowest BCUT2D eigenvalue weighted by molar-refractivity contribution is -0.384. The largest absolute Gasteiger partial charge is 0.365 e. The van der Waals surface area contributed by atoms with Gasteiger partial charge in [0.1, 0.15) is 6.10 Å². The summed E-state index contributed by atoms with van der Waals surface area (Å²) in [6, 6.07) is 4.61. The van der Waals surface area contributed by atoms with Gasteiger partial charge in [-0.2, -0.15) is 0 Å². The van der Waals surface area contributed by atoms with Crippen LogP contribution >= 0.6 is 0 Å². The first kappa shape index (κ1) is 14.2. The summed E-state index contributed by atoms with van der Waals surface area (Å²) in [4.78, 5) is 24.2. The molecule has 0 aromatic heterocycles. The number of nitro groups is 1. The lowest BCUT2D eigenvalue weighted by Gasteiger charge is -2.21. The van der Waals surface area contributed by atoms with Gasteiger partial charge in [-0.3, -0.25) is 14.9 Å². The molecule has 106 valence electrons. The van der Waals surface area contributed by atoms with E-state index in [9.17, 15) is 14.9 Å². The molecule has 6 nitrogen and oxygen atoms in total. The molecule has 0 spiro atoms. The molecule has 1 atom stereocenters. The first-order chi connectivity index (χ1) is 9.54. The van der Waals surface area contributed by atoms with Gasteiger partial charge >= 0.3 is 0 Å². The number of hydrogen-bond donors (Lipinski definition) is 0. The van der Waals surface area contributed by atoms with Crippen molar-refractivity contribution in [2.45, 2.75) is 19.4 Å². The standard InChI is InChI=1S/C14H16N2O4/c1-3-8-20-10(2)14(17)15-7-6-11-4-5-12(16(18)19)9-13(11)15/h3-5,9-10H,1,6-8H2,2H3. The Labute approximate surface area is 116 Å². The second-order valence-electron chi connectivity index (χ2n) is 4.57. The molecule has 1 aliphatic rings. The van der Waals surface area contributed by atoms with Crippen LogP contribution in [-0.2, 0) is 16.0 Å². The van der Waals surface area contributed by atoms with Crippen molar-refractivity contribution in [2.24, 2.45) is 0 Å². The SMILES string of the molecule is C=CCOC(C)C(=O)N1CCc2ccc([N+](=O)[O-])cc21. The van der Waals surface area contributed by atoms with E-state index in [4.69, 9.17) is 4.74 Å². The predicted molar refractivity (Wildman–Crippen MR) is 74.8 cm³/mol. The van der Waals surface area contributed by atoms with Gasteiger partial charge < -0.3 is 9.64 Å². The van der Waals surface area contributed by atoms with Gasteiger partial charge in [0.2, 0.25) is 0 Å². The van der Waals surface area contributed by atoms with Gasteiger partial charge in [-0.25, -0.2) is 0 Å². The van der Waals surface area contributed by atoms with Crippen LogP contribution < -0.4 is 4.90 Å². The topological polar surface area (TPSA) is 72.7 Å². The summed E-state index contributed by atoms with van der Waals surface area (Å²) in [6.45, 7) is 6.02. The van der Waals surface area contributed by atoms with Gasteiger partial charge in [-0.1, -0.05) is 12.1 Å². The molecule has 1 amide bonds. The molecule has 1 unspecified atom stereocenters. The molecule has 0 radical (unpaired) electrons. The van der Waals surface area contributed by atoms with Crippen LogP contribution in [0.2, 0.25) is 0 Å². The zero-order chi connectivity index (χ0) is 14.7. The van der Waals surface area contributed by atoms with E-state index in [1.165, 1.54) is 12.1 Å². The minimum absolute atomic E-state index is 0.0110. The monoisotopic (exact) mass is 276 g/mol. The normalized spacial score (nSPS) is 14.8. The van der Waals surface area contributed by atoms with E-state index in [0.717, 1.165) is 5.56 Å². The Bertz CT molecular complexity index is 556. The minimum atomic E-state index is -0.599. The highest BCUT2D eigenvalue weighted by molar-refractivity contribution is 5.98. The number of fused-ring (bicyclic) bond motifs is 1. The summed E-state index contributed by atoms with van der Waals surface area (Å²) in [5.74, 6) is -0.189. The zero-order valence-electron chi connectivity index (χ0n) is 11.2. The summed E-state index contributed by atoms with van der Waals surface area (Å²) >= 11 is 0. The number of benzene rings is 1. The van der Waals surface area contributed by atoms with Crippen LogP contribution in [0.1, 0.15) is 12.5 Å². The number of non-ortho nitro benzene ring substituents is 1. The maximum atomic E-state index is 12.3. The van der Waals surface area contributed by atoms with Crippen LogP contribution in [-0.4, -0.2) is 30.1 Å². The van der Waals surface area contributed by atoms with E-state index >= 15 is 0 Å². The van der Waals surface area contributed by atoms with E-state index in [-0.39, 0.29) is 11.6 Å². The third-order valence-electron chi connectivity index (χ3n) is 3.25. The highest BCUT2D eigenvalue weighted by Crippen LogP contribution is 2.32. The summed E-state index contributed by atoms with van der Waals surface area (Å²) in [5.41, 5.74) is 1.54. The third kappa shape index (κ3) is 2.70. The van der Waals surface area contributed by atoms with Crippen LogP contribution in [0.5, 0.6) is 0 Å². The van der Waals surface area contributed by atoms with Crippen molar-refractivity contribution >= 4 is 17.3 Å². The molecule has 0 N–H and O–H groups in total.